The number of Topliss-reactive ketones (excluding diaryl/α,β-unsaturated/α-hetero) is 3. The van der Waals surface area contributed by atoms with Crippen molar-refractivity contribution in [1.29, 1.82) is 0 Å². The molecule has 0 bridgehead atoms. The van der Waals surface area contributed by atoms with Gasteiger partial charge >= 0.3 is 0 Å². The molecule has 11 nitrogen and oxygen atoms in total. The second-order valence-electron chi connectivity index (χ2n) is 20.4. The van der Waals surface area contributed by atoms with Crippen LogP contribution in [0.25, 0.3) is 0 Å². The highest BCUT2D eigenvalue weighted by Crippen LogP contribution is 2.35. The van der Waals surface area contributed by atoms with Crippen molar-refractivity contribution in [2.45, 2.75) is 30.2 Å². The number of carbonyl (C=O) groups is 3. The van der Waals surface area contributed by atoms with Crippen molar-refractivity contribution in [3.8, 4) is 11.5 Å². The van der Waals surface area contributed by atoms with Crippen LogP contribution in [0.15, 0.2) is 329 Å². The van der Waals surface area contributed by atoms with Gasteiger partial charge in [-0.3, -0.25) is 14.4 Å². The average molecular weight is 1210 g/mol. The Hall–Kier alpha value is -9.95. The summed E-state index contributed by atoms with van der Waals surface area (Å²) in [7, 11) is 0. The molecule has 0 aliphatic heterocycles. The van der Waals surface area contributed by atoms with E-state index in [0.717, 1.165) is 22.6 Å². The van der Waals surface area contributed by atoms with E-state index in [-0.39, 0.29) is 57.0 Å². The van der Waals surface area contributed by atoms with Crippen molar-refractivity contribution < 1.29 is 52.3 Å². The number of benzene rings is 10. The van der Waals surface area contributed by atoms with Crippen LogP contribution in [0.2, 0.25) is 0 Å². The number of para-hydroxylation sites is 2. The van der Waals surface area contributed by atoms with Crippen LogP contribution < -0.4 is 9.47 Å². The summed E-state index contributed by atoms with van der Waals surface area (Å²) in [6, 6.07) is 94.4. The molecule has 0 amide bonds. The number of hydrogen-bond acceptors (Lipinski definition) is 11. The molecule has 10 aromatic rings. The highest BCUT2D eigenvalue weighted by Gasteiger charge is 2.46. The molecule has 10 aromatic carbocycles. The minimum atomic E-state index is -1.65. The fourth-order valence-electron chi connectivity index (χ4n) is 9.71. The maximum atomic E-state index is 13.9. The zero-order valence-electron chi connectivity index (χ0n) is 51.0. The Morgan fingerprint density at radius 3 is 0.780 bits per heavy atom. The fourth-order valence-corrected chi connectivity index (χ4v) is 9.71. The van der Waals surface area contributed by atoms with Crippen LogP contribution in [0, 0.1) is 0 Å². The smallest absolute Gasteiger partial charge is 0.261 e. The minimum Gasteiger partial charge on any atom is -0.491 e. The molecule has 10 rings (SSSR count). The maximum Gasteiger partial charge on any atom is 0.261 e. The van der Waals surface area contributed by atoms with Crippen LogP contribution in [0.5, 0.6) is 11.5 Å². The van der Waals surface area contributed by atoms with Crippen LogP contribution in [-0.2, 0) is 58.6 Å². The van der Waals surface area contributed by atoms with Crippen LogP contribution in [0.4, 0.5) is 0 Å². The molecule has 0 heterocycles. The third kappa shape index (κ3) is 19.5. The normalized spacial score (nSPS) is 11.1. The summed E-state index contributed by atoms with van der Waals surface area (Å²) in [6.07, 6.45) is 4.54. The monoisotopic (exact) mass is 1210 g/mol. The Morgan fingerprint density at radius 2 is 0.505 bits per heavy atom. The van der Waals surface area contributed by atoms with Gasteiger partial charge < -0.3 is 37.9 Å². The number of rotatable bonds is 33. The van der Waals surface area contributed by atoms with Gasteiger partial charge in [0.25, 0.3) is 17.4 Å². The summed E-state index contributed by atoms with van der Waals surface area (Å²) in [6.45, 7) is 9.18. The first-order chi connectivity index (χ1) is 44.8. The topological polar surface area (TPSA) is 125 Å². The lowest BCUT2D eigenvalue weighted by molar-refractivity contribution is -0.214. The molecule has 0 aliphatic carbocycles. The van der Waals surface area contributed by atoms with Gasteiger partial charge in [0.2, 0.25) is 17.3 Å². The van der Waals surface area contributed by atoms with Gasteiger partial charge in [-0.1, -0.05) is 291 Å². The van der Waals surface area contributed by atoms with Crippen molar-refractivity contribution in [2.75, 3.05) is 52.9 Å². The Morgan fingerprint density at radius 1 is 0.275 bits per heavy atom. The molecule has 0 saturated heterocycles. The van der Waals surface area contributed by atoms with E-state index in [2.05, 4.69) is 37.4 Å². The van der Waals surface area contributed by atoms with E-state index >= 15 is 0 Å². The second-order valence-corrected chi connectivity index (χ2v) is 20.4. The third-order valence-corrected chi connectivity index (χ3v) is 14.2. The van der Waals surface area contributed by atoms with E-state index in [9.17, 15) is 14.4 Å². The quantitative estimate of drug-likeness (QED) is 0.0169. The lowest BCUT2D eigenvalue weighted by Gasteiger charge is -2.33. The summed E-state index contributed by atoms with van der Waals surface area (Å²) in [5, 5.41) is 0. The van der Waals surface area contributed by atoms with Gasteiger partial charge in [-0.2, -0.15) is 0 Å². The van der Waals surface area contributed by atoms with E-state index < -0.39 is 17.4 Å². The lowest BCUT2D eigenvalue weighted by Crippen LogP contribution is -2.43. The van der Waals surface area contributed by atoms with E-state index in [1.54, 1.807) is 48.6 Å². The second kappa shape index (κ2) is 36.5. The first-order valence-corrected chi connectivity index (χ1v) is 30.3. The standard InChI is InChI=1S/C30H28O5.C30H28O3.C20H20O3/c31-29(25-13-5-1-6-14-25)30(26-15-7-2-8-16-26,34-23-21-32-27-17-9-3-10-18-27)35-24-22-33-28-19-11-4-12-20-28;31-29(27-17-9-3-10-18-27)30(28-19-11-4-12-20-28,32-23-21-25-13-5-1-6-14-25)33-24-22-26-15-7-2-8-16-26;1-3-15-22-20(23-16-4-2,18-13-9-6-10-14-18)19(21)17-11-7-5-8-12-17/h1-20H,21-24H2;1-20H,21-24H2;3-14H,1-2,15-16H2. The molecule has 11 heteroatoms. The van der Waals surface area contributed by atoms with Crippen molar-refractivity contribution in [3.05, 3.63) is 373 Å². The van der Waals surface area contributed by atoms with Crippen molar-refractivity contribution in [3.63, 3.8) is 0 Å². The van der Waals surface area contributed by atoms with E-state index in [1.165, 1.54) is 0 Å². The van der Waals surface area contributed by atoms with Crippen LogP contribution in [0.1, 0.15) is 58.9 Å². The summed E-state index contributed by atoms with van der Waals surface area (Å²) >= 11 is 0. The zero-order valence-corrected chi connectivity index (χ0v) is 51.0. The SMILES string of the molecule is C=CCOC(OCC=C)(C(=O)c1ccccc1)c1ccccc1.O=C(c1ccccc1)C(OCCOc1ccccc1)(OCCOc1ccccc1)c1ccccc1.O=C(c1ccccc1)C(OCCc1ccccc1)(OCCc1ccccc1)c1ccccc1. The summed E-state index contributed by atoms with van der Waals surface area (Å²) < 4.78 is 48.6. The molecule has 0 unspecified atom stereocenters. The van der Waals surface area contributed by atoms with Gasteiger partial charge in [0, 0.05) is 33.4 Å². The molecule has 0 N–H and O–H groups in total. The van der Waals surface area contributed by atoms with E-state index in [1.807, 2.05) is 243 Å². The van der Waals surface area contributed by atoms with Gasteiger partial charge in [-0.15, -0.1) is 13.2 Å². The Labute approximate surface area is 534 Å². The first kappa shape index (κ1) is 67.0. The maximum absolute atomic E-state index is 13.9. The summed E-state index contributed by atoms with van der Waals surface area (Å²) in [4.78, 5) is 40.9. The Bertz CT molecular complexity index is 3570. The molecule has 0 aliphatic rings. The average Bonchev–Trinajstić information content (AvgIpc) is 1.44. The molecule has 0 radical (unpaired) electrons. The van der Waals surface area contributed by atoms with E-state index in [0.29, 0.717) is 59.4 Å². The van der Waals surface area contributed by atoms with Gasteiger partial charge in [-0.05, 0) is 48.2 Å². The van der Waals surface area contributed by atoms with Crippen molar-refractivity contribution in [1.82, 2.24) is 0 Å². The molecule has 0 aromatic heterocycles. The number of hydrogen-bond donors (Lipinski definition) is 0. The molecule has 0 fully saturated rings. The molecular formula is C80H76O11. The molecule has 0 spiro atoms. The van der Waals surface area contributed by atoms with Gasteiger partial charge in [-0.25, -0.2) is 0 Å². The number of carbonyl (C=O) groups excluding carboxylic acids is 3. The molecule has 91 heavy (non-hydrogen) atoms. The zero-order chi connectivity index (χ0) is 63.5. The number of ether oxygens (including phenoxy) is 8. The van der Waals surface area contributed by atoms with E-state index in [4.69, 9.17) is 37.9 Å². The Kier molecular flexibility index (Phi) is 26.9. The molecule has 0 saturated carbocycles. The molecular weight excluding hydrogens is 1140 g/mol. The van der Waals surface area contributed by atoms with Gasteiger partial charge in [0.1, 0.15) is 24.7 Å². The highest BCUT2D eigenvalue weighted by atomic mass is 16.7. The highest BCUT2D eigenvalue weighted by molar-refractivity contribution is 6.03. The van der Waals surface area contributed by atoms with Gasteiger partial charge in [0.05, 0.1) is 39.6 Å². The molecule has 0 atom stereocenters. The predicted octanol–water partition coefficient (Wildman–Crippen LogP) is 16.3. The van der Waals surface area contributed by atoms with Crippen LogP contribution >= 0.6 is 0 Å². The third-order valence-electron chi connectivity index (χ3n) is 14.2. The largest absolute Gasteiger partial charge is 0.491 e. The van der Waals surface area contributed by atoms with Crippen molar-refractivity contribution >= 4 is 17.3 Å². The first-order valence-electron chi connectivity index (χ1n) is 30.3. The summed E-state index contributed by atoms with van der Waals surface area (Å²) in [5.41, 5.74) is 5.80. The fraction of sp³-hybridized carbons (Fsp3) is 0.163. The molecule has 462 valence electrons. The van der Waals surface area contributed by atoms with Crippen LogP contribution in [0.3, 0.4) is 0 Å². The minimum absolute atomic E-state index is 0.141. The van der Waals surface area contributed by atoms with Gasteiger partial charge in [0.15, 0.2) is 0 Å². The predicted molar refractivity (Wildman–Crippen MR) is 357 cm³/mol. The van der Waals surface area contributed by atoms with Crippen LogP contribution in [-0.4, -0.2) is 70.2 Å². The Balaban J connectivity index is 0.000000180. The summed E-state index contributed by atoms with van der Waals surface area (Å²) in [5.74, 6) is -3.98. The van der Waals surface area contributed by atoms with Crippen molar-refractivity contribution in [2.24, 2.45) is 0 Å². The lowest BCUT2D eigenvalue weighted by atomic mass is 9.95. The number of ketones is 3.